The quantitative estimate of drug-likeness (QED) is 0.0804. The van der Waals surface area contributed by atoms with E-state index >= 15 is 0 Å². The van der Waals surface area contributed by atoms with Gasteiger partial charge in [-0.3, -0.25) is 21.6 Å². The third kappa shape index (κ3) is 8.25. The van der Waals surface area contributed by atoms with Crippen LogP contribution in [0.5, 0.6) is 0 Å². The summed E-state index contributed by atoms with van der Waals surface area (Å²) in [6, 6.07) is 25.1. The van der Waals surface area contributed by atoms with Crippen molar-refractivity contribution in [2.45, 2.75) is 12.4 Å². The molecule has 4 N–H and O–H groups in total. The lowest BCUT2D eigenvalue weighted by Crippen LogP contribution is -2.07. The van der Waals surface area contributed by atoms with Gasteiger partial charge in [0, 0.05) is 22.3 Å². The average Bonchev–Trinajstić information content (AvgIpc) is 3.07. The van der Waals surface area contributed by atoms with Crippen LogP contribution in [0.2, 0.25) is 0 Å². The third-order valence-electron chi connectivity index (χ3n) is 6.77. The van der Waals surface area contributed by atoms with Crippen LogP contribution in [0.3, 0.4) is 0 Å². The van der Waals surface area contributed by atoms with E-state index in [1.54, 1.807) is 60.7 Å². The number of aromatic nitrogens is 2. The SMILES string of the molecule is N=C(SC(=N)c1cccc(-c2ccc(C(F)(F)F)cc2)n1)c1cccc(C(=N)SC(=N)c2cccc(-c3ccc(C(F)(F)F)cc3)n2)c1. The molecule has 0 bridgehead atoms. The topological polar surface area (TPSA) is 121 Å². The smallest absolute Gasteiger partial charge is 0.293 e. The second-order valence-corrected chi connectivity index (χ2v) is 12.1. The summed E-state index contributed by atoms with van der Waals surface area (Å²) in [6.07, 6.45) is -8.93. The van der Waals surface area contributed by atoms with Crippen LogP contribution in [0.4, 0.5) is 26.3 Å². The van der Waals surface area contributed by atoms with Gasteiger partial charge < -0.3 is 0 Å². The summed E-state index contributed by atoms with van der Waals surface area (Å²) in [5.74, 6) is 0. The summed E-state index contributed by atoms with van der Waals surface area (Å²) < 4.78 is 77.6. The van der Waals surface area contributed by atoms with E-state index in [0.717, 1.165) is 47.8 Å². The Kier molecular flexibility index (Phi) is 9.96. The largest absolute Gasteiger partial charge is 0.416 e. The van der Waals surface area contributed by atoms with E-state index < -0.39 is 23.5 Å². The zero-order valence-corrected chi connectivity index (χ0v) is 26.0. The van der Waals surface area contributed by atoms with Crippen LogP contribution in [0.25, 0.3) is 22.5 Å². The number of halogens is 6. The summed E-state index contributed by atoms with van der Waals surface area (Å²) in [7, 11) is 0. The van der Waals surface area contributed by atoms with Crippen molar-refractivity contribution >= 4 is 43.7 Å². The summed E-state index contributed by atoms with van der Waals surface area (Å²) in [4.78, 5) is 8.78. The lowest BCUT2D eigenvalue weighted by molar-refractivity contribution is -0.138. The molecule has 2 heterocycles. The molecule has 0 atom stereocenters. The van der Waals surface area contributed by atoms with Gasteiger partial charge in [-0.1, -0.05) is 54.6 Å². The number of nitrogens with zero attached hydrogens (tertiary/aromatic N) is 2. The zero-order valence-electron chi connectivity index (χ0n) is 24.4. The Bertz CT molecular complexity index is 1880. The van der Waals surface area contributed by atoms with Crippen LogP contribution in [0, 0.1) is 21.6 Å². The maximum Gasteiger partial charge on any atom is 0.416 e. The van der Waals surface area contributed by atoms with E-state index in [2.05, 4.69) is 9.97 Å². The van der Waals surface area contributed by atoms with Crippen LogP contribution >= 0.6 is 23.5 Å². The van der Waals surface area contributed by atoms with Crippen molar-refractivity contribution < 1.29 is 26.3 Å². The predicted molar refractivity (Wildman–Crippen MR) is 178 cm³/mol. The van der Waals surface area contributed by atoms with Crippen LogP contribution < -0.4 is 0 Å². The molecular weight excluding hydrogens is 671 g/mol. The maximum atomic E-state index is 12.9. The van der Waals surface area contributed by atoms with Gasteiger partial charge in [0.2, 0.25) is 0 Å². The molecule has 0 radical (unpaired) electrons. The molecule has 14 heteroatoms. The molecule has 0 aliphatic rings. The molecule has 0 unspecified atom stereocenters. The zero-order chi connectivity index (χ0) is 34.6. The van der Waals surface area contributed by atoms with E-state index in [9.17, 15) is 26.3 Å². The molecule has 0 spiro atoms. The molecule has 0 amide bonds. The molecule has 2 aromatic heterocycles. The van der Waals surface area contributed by atoms with Crippen molar-refractivity contribution in [3.05, 3.63) is 143 Å². The van der Waals surface area contributed by atoms with Gasteiger partial charge in [0.1, 0.15) is 20.2 Å². The molecule has 48 heavy (non-hydrogen) atoms. The molecule has 5 aromatic rings. The number of pyridine rings is 2. The molecule has 6 nitrogen and oxygen atoms in total. The van der Waals surface area contributed by atoms with Gasteiger partial charge >= 0.3 is 12.4 Å². The number of thioether (sulfide) groups is 2. The van der Waals surface area contributed by atoms with Crippen molar-refractivity contribution in [3.63, 3.8) is 0 Å². The standard InChI is InChI=1S/C34H22F6N6S2/c35-33(36,37)23-14-10-19(11-15-23)25-6-2-8-27(45-25)31(43)47-29(41)21-4-1-5-22(18-21)30(42)48-32(44)28-9-3-7-26(46-28)20-12-16-24(17-13-20)34(38,39)40/h1-18,41-44H. The Hall–Kier alpha value is -5.08. The van der Waals surface area contributed by atoms with Crippen molar-refractivity contribution in [1.29, 1.82) is 21.6 Å². The lowest BCUT2D eigenvalue weighted by atomic mass is 10.1. The van der Waals surface area contributed by atoms with Gasteiger partial charge in [0.05, 0.1) is 33.9 Å². The Morgan fingerprint density at radius 2 is 0.812 bits per heavy atom. The number of hydrogen-bond acceptors (Lipinski definition) is 8. The van der Waals surface area contributed by atoms with Gasteiger partial charge in [-0.25, -0.2) is 9.97 Å². The van der Waals surface area contributed by atoms with Gasteiger partial charge in [-0.05, 0) is 78.1 Å². The highest BCUT2D eigenvalue weighted by Gasteiger charge is 2.31. The fraction of sp³-hybridized carbons (Fsp3) is 0.0588. The number of rotatable bonds is 6. The Morgan fingerprint density at radius 3 is 1.17 bits per heavy atom. The van der Waals surface area contributed by atoms with Crippen molar-refractivity contribution in [2.75, 3.05) is 0 Å². The predicted octanol–water partition coefficient (Wildman–Crippen LogP) is 10.0. The van der Waals surface area contributed by atoms with Crippen molar-refractivity contribution in [2.24, 2.45) is 0 Å². The van der Waals surface area contributed by atoms with Crippen LogP contribution in [0.15, 0.2) is 109 Å². The summed E-state index contributed by atoms with van der Waals surface area (Å²) in [5, 5.41) is 34.0. The summed E-state index contributed by atoms with van der Waals surface area (Å²) in [5.41, 5.74) is 1.30. The first kappa shape index (κ1) is 34.3. The third-order valence-corrected chi connectivity index (χ3v) is 8.48. The lowest BCUT2D eigenvalue weighted by Gasteiger charge is -2.11. The van der Waals surface area contributed by atoms with Gasteiger partial charge in [-0.15, -0.1) is 0 Å². The fourth-order valence-electron chi connectivity index (χ4n) is 4.33. The first-order valence-electron chi connectivity index (χ1n) is 13.8. The van der Waals surface area contributed by atoms with Gasteiger partial charge in [0.25, 0.3) is 0 Å². The van der Waals surface area contributed by atoms with E-state index in [0.29, 0.717) is 33.6 Å². The van der Waals surface area contributed by atoms with E-state index in [1.165, 1.54) is 24.3 Å². The molecule has 0 saturated heterocycles. The molecule has 0 fully saturated rings. The van der Waals surface area contributed by atoms with E-state index in [-0.39, 0.29) is 31.6 Å². The number of hydrogen-bond donors (Lipinski definition) is 4. The van der Waals surface area contributed by atoms with E-state index in [4.69, 9.17) is 21.6 Å². The highest BCUT2D eigenvalue weighted by molar-refractivity contribution is 8.27. The molecule has 242 valence electrons. The number of benzene rings is 3. The fourth-order valence-corrected chi connectivity index (χ4v) is 5.67. The first-order chi connectivity index (χ1) is 22.7. The molecule has 3 aromatic carbocycles. The molecule has 0 aliphatic heterocycles. The van der Waals surface area contributed by atoms with Crippen LogP contribution in [-0.2, 0) is 12.4 Å². The number of alkyl halides is 6. The number of nitrogens with one attached hydrogen (secondary N) is 4. The van der Waals surface area contributed by atoms with Gasteiger partial charge in [0.15, 0.2) is 0 Å². The second-order valence-electron chi connectivity index (χ2n) is 10.1. The monoisotopic (exact) mass is 692 g/mol. The first-order valence-corrected chi connectivity index (χ1v) is 15.4. The van der Waals surface area contributed by atoms with E-state index in [1.807, 2.05) is 0 Å². The summed E-state index contributed by atoms with van der Waals surface area (Å²) >= 11 is 1.62. The normalized spacial score (nSPS) is 11.6. The molecular formula is C34H22F6N6S2. The Morgan fingerprint density at radius 1 is 0.458 bits per heavy atom. The molecule has 0 saturated carbocycles. The minimum Gasteiger partial charge on any atom is -0.293 e. The summed E-state index contributed by atoms with van der Waals surface area (Å²) in [6.45, 7) is 0. The van der Waals surface area contributed by atoms with Crippen molar-refractivity contribution in [3.8, 4) is 22.5 Å². The average molecular weight is 693 g/mol. The minimum atomic E-state index is -4.47. The molecule has 5 rings (SSSR count). The maximum absolute atomic E-state index is 12.9. The Labute approximate surface area is 278 Å². The van der Waals surface area contributed by atoms with Crippen molar-refractivity contribution in [1.82, 2.24) is 9.97 Å². The highest BCUT2D eigenvalue weighted by atomic mass is 32.2. The second kappa shape index (κ2) is 14.0. The molecule has 0 aliphatic carbocycles. The minimum absolute atomic E-state index is 0.0117. The Balaban J connectivity index is 1.24. The highest BCUT2D eigenvalue weighted by Crippen LogP contribution is 2.32. The van der Waals surface area contributed by atoms with Gasteiger partial charge in [-0.2, -0.15) is 26.3 Å². The van der Waals surface area contributed by atoms with Crippen LogP contribution in [-0.4, -0.2) is 30.1 Å². The van der Waals surface area contributed by atoms with Crippen LogP contribution in [0.1, 0.15) is 33.6 Å².